The number of pyridine rings is 1. The average Bonchev–Trinajstić information content (AvgIpc) is 2.93. The van der Waals surface area contributed by atoms with Gasteiger partial charge in [-0.05, 0) is 61.3 Å². The highest BCUT2D eigenvalue weighted by Crippen LogP contribution is 2.31. The first-order valence-corrected chi connectivity index (χ1v) is 14.0. The molecular formula is C31H35ClF3N3O4. The molecule has 1 N–H and O–H groups in total. The van der Waals surface area contributed by atoms with E-state index in [1.807, 2.05) is 13.8 Å². The normalized spacial score (nSPS) is 12.3. The second-order valence-corrected chi connectivity index (χ2v) is 10.4. The van der Waals surface area contributed by atoms with E-state index in [9.17, 15) is 27.6 Å². The van der Waals surface area contributed by atoms with Crippen molar-refractivity contribution in [3.8, 4) is 11.1 Å². The maximum absolute atomic E-state index is 13.3. The van der Waals surface area contributed by atoms with E-state index in [0.717, 1.165) is 26.2 Å². The molecule has 0 aliphatic rings. The van der Waals surface area contributed by atoms with Crippen LogP contribution in [-0.4, -0.2) is 53.6 Å². The maximum Gasteiger partial charge on any atom is 0.431 e. The molecule has 1 aromatic heterocycles. The third-order valence-electron chi connectivity index (χ3n) is 7.19. The molecule has 0 saturated heterocycles. The van der Waals surface area contributed by atoms with Crippen LogP contribution in [0.3, 0.4) is 0 Å². The van der Waals surface area contributed by atoms with Gasteiger partial charge in [0.2, 0.25) is 0 Å². The molecular weight excluding hydrogens is 571 g/mol. The van der Waals surface area contributed by atoms with Gasteiger partial charge in [-0.3, -0.25) is 9.59 Å². The van der Waals surface area contributed by atoms with Gasteiger partial charge in [-0.2, -0.15) is 13.2 Å². The fourth-order valence-electron chi connectivity index (χ4n) is 4.75. The molecule has 11 heteroatoms. The first-order valence-electron chi connectivity index (χ1n) is 13.6. The lowest BCUT2D eigenvalue weighted by Crippen LogP contribution is -2.44. The highest BCUT2D eigenvalue weighted by atomic mass is 35.5. The summed E-state index contributed by atoms with van der Waals surface area (Å²) in [6.07, 6.45) is -4.59. The van der Waals surface area contributed by atoms with E-state index in [4.69, 9.17) is 16.3 Å². The lowest BCUT2D eigenvalue weighted by atomic mass is 9.98. The number of carbonyl (C=O) groups excluding carboxylic acids is 2. The predicted molar refractivity (Wildman–Crippen MR) is 157 cm³/mol. The zero-order valence-electron chi connectivity index (χ0n) is 24.3. The summed E-state index contributed by atoms with van der Waals surface area (Å²) < 4.78 is 46.1. The molecule has 0 unspecified atom stereocenters. The van der Waals surface area contributed by atoms with Crippen molar-refractivity contribution in [1.29, 1.82) is 0 Å². The molecule has 0 aliphatic carbocycles. The van der Waals surface area contributed by atoms with Crippen molar-refractivity contribution in [2.45, 2.75) is 46.3 Å². The van der Waals surface area contributed by atoms with Crippen LogP contribution in [0.4, 0.5) is 13.2 Å². The Balaban J connectivity index is 1.87. The number of rotatable bonds is 11. The summed E-state index contributed by atoms with van der Waals surface area (Å²) in [5, 5.41) is 3.00. The lowest BCUT2D eigenvalue weighted by Gasteiger charge is -2.21. The number of halogens is 4. The number of aromatic nitrogens is 1. The van der Waals surface area contributed by atoms with Gasteiger partial charge in [0.25, 0.3) is 11.5 Å². The van der Waals surface area contributed by atoms with Gasteiger partial charge < -0.3 is 19.5 Å². The second kappa shape index (κ2) is 14.0. The number of benzene rings is 2. The Morgan fingerprint density at radius 3 is 2.26 bits per heavy atom. The standard InChI is InChI=1S/C31H35ClF3N3O4/c1-6-38(7-2)15-16-42-30(41)24(36-28(39)27-19(3)9-8-10-23(27)32)18-21-11-13-22(14-12-21)26-20(4)17-25(31(33,34)35)37(5)29(26)40/h8-14,17,24H,6-7,15-16,18H2,1-5H3,(H,36,39)/t24-/m0/s1. The topological polar surface area (TPSA) is 80.6 Å². The van der Waals surface area contributed by atoms with Crippen molar-refractivity contribution in [2.75, 3.05) is 26.2 Å². The molecule has 2 aromatic carbocycles. The van der Waals surface area contributed by atoms with E-state index in [2.05, 4.69) is 10.2 Å². The summed E-state index contributed by atoms with van der Waals surface area (Å²) in [5.74, 6) is -1.14. The Bertz CT molecular complexity index is 1460. The molecule has 3 aromatic rings. The zero-order valence-corrected chi connectivity index (χ0v) is 25.0. The van der Waals surface area contributed by atoms with Crippen LogP contribution in [0, 0.1) is 13.8 Å². The van der Waals surface area contributed by atoms with Gasteiger partial charge >= 0.3 is 12.1 Å². The molecule has 0 radical (unpaired) electrons. The number of aryl methyl sites for hydroxylation is 2. The van der Waals surface area contributed by atoms with Crippen molar-refractivity contribution >= 4 is 23.5 Å². The third kappa shape index (κ3) is 7.80. The first kappa shape index (κ1) is 32.9. The average molecular weight is 606 g/mol. The highest BCUT2D eigenvalue weighted by Gasteiger charge is 2.34. The van der Waals surface area contributed by atoms with Crippen molar-refractivity contribution in [3.63, 3.8) is 0 Å². The highest BCUT2D eigenvalue weighted by molar-refractivity contribution is 6.34. The molecule has 42 heavy (non-hydrogen) atoms. The number of nitrogens with zero attached hydrogens (tertiary/aromatic N) is 2. The minimum atomic E-state index is -4.66. The van der Waals surface area contributed by atoms with Crippen molar-refractivity contribution in [3.05, 3.63) is 91.9 Å². The molecule has 7 nitrogen and oxygen atoms in total. The molecule has 1 amide bonds. The van der Waals surface area contributed by atoms with Crippen LogP contribution in [0.25, 0.3) is 11.1 Å². The Kier molecular flexibility index (Phi) is 11.0. The van der Waals surface area contributed by atoms with E-state index in [1.165, 1.54) is 6.92 Å². The summed E-state index contributed by atoms with van der Waals surface area (Å²) in [6, 6.07) is 11.5. The van der Waals surface area contributed by atoms with E-state index < -0.39 is 35.3 Å². The number of ether oxygens (including phenoxy) is 1. The molecule has 0 saturated carbocycles. The minimum absolute atomic E-state index is 0.0730. The number of hydrogen-bond acceptors (Lipinski definition) is 5. The predicted octanol–water partition coefficient (Wildman–Crippen LogP) is 5.57. The van der Waals surface area contributed by atoms with Crippen LogP contribution in [-0.2, 0) is 29.2 Å². The number of carbonyl (C=O) groups is 2. The molecule has 3 rings (SSSR count). The first-order chi connectivity index (χ1) is 19.8. The zero-order chi connectivity index (χ0) is 31.2. The summed E-state index contributed by atoms with van der Waals surface area (Å²) in [6.45, 7) is 9.49. The van der Waals surface area contributed by atoms with Crippen LogP contribution in [0.2, 0.25) is 5.02 Å². The van der Waals surface area contributed by atoms with E-state index in [-0.39, 0.29) is 34.7 Å². The Morgan fingerprint density at radius 1 is 1.05 bits per heavy atom. The monoisotopic (exact) mass is 605 g/mol. The van der Waals surface area contributed by atoms with Gasteiger partial charge in [-0.25, -0.2) is 4.79 Å². The summed E-state index contributed by atoms with van der Waals surface area (Å²) in [5.41, 5.74) is 0.503. The molecule has 0 aliphatic heterocycles. The van der Waals surface area contributed by atoms with Gasteiger partial charge in [0.15, 0.2) is 0 Å². The van der Waals surface area contributed by atoms with Crippen molar-refractivity contribution in [2.24, 2.45) is 7.05 Å². The number of amides is 1. The van der Waals surface area contributed by atoms with Gasteiger partial charge in [0.1, 0.15) is 18.3 Å². The number of likely N-dealkylation sites (N-methyl/N-ethyl adjacent to an activating group) is 1. The quantitative estimate of drug-likeness (QED) is 0.289. The Labute approximate surface area is 248 Å². The summed E-state index contributed by atoms with van der Waals surface area (Å²) >= 11 is 6.27. The maximum atomic E-state index is 13.3. The Hall–Kier alpha value is -3.63. The molecule has 1 atom stereocenters. The fraction of sp³-hybridized carbons (Fsp3) is 0.387. The summed E-state index contributed by atoms with van der Waals surface area (Å²) in [4.78, 5) is 41.3. The van der Waals surface area contributed by atoms with Gasteiger partial charge in [-0.15, -0.1) is 0 Å². The van der Waals surface area contributed by atoms with Gasteiger partial charge in [0, 0.05) is 20.0 Å². The van der Waals surface area contributed by atoms with Crippen LogP contribution in [0.1, 0.15) is 46.6 Å². The third-order valence-corrected chi connectivity index (χ3v) is 7.50. The van der Waals surface area contributed by atoms with E-state index >= 15 is 0 Å². The van der Waals surface area contributed by atoms with E-state index in [1.54, 1.807) is 49.4 Å². The second-order valence-electron chi connectivity index (χ2n) is 10.0. The van der Waals surface area contributed by atoms with Crippen LogP contribution >= 0.6 is 11.6 Å². The molecule has 0 spiro atoms. The number of esters is 1. The molecule has 0 fully saturated rings. The molecule has 0 bridgehead atoms. The van der Waals surface area contributed by atoms with Crippen molar-refractivity contribution in [1.82, 2.24) is 14.8 Å². The summed E-state index contributed by atoms with van der Waals surface area (Å²) in [7, 11) is 1.09. The van der Waals surface area contributed by atoms with Gasteiger partial charge in [-0.1, -0.05) is 61.8 Å². The molecule has 226 valence electrons. The Morgan fingerprint density at radius 2 is 1.69 bits per heavy atom. The van der Waals surface area contributed by atoms with Gasteiger partial charge in [0.05, 0.1) is 16.1 Å². The number of alkyl halides is 3. The number of hydrogen-bond donors (Lipinski definition) is 1. The minimum Gasteiger partial charge on any atom is -0.463 e. The van der Waals surface area contributed by atoms with Crippen LogP contribution < -0.4 is 10.9 Å². The number of nitrogens with one attached hydrogen (secondary N) is 1. The lowest BCUT2D eigenvalue weighted by molar-refractivity contribution is -0.146. The largest absolute Gasteiger partial charge is 0.463 e. The SMILES string of the molecule is CCN(CC)CCOC(=O)[C@H](Cc1ccc(-c2c(C)cc(C(F)(F)F)n(C)c2=O)cc1)NC(=O)c1c(C)cccc1Cl. The van der Waals surface area contributed by atoms with Crippen molar-refractivity contribution < 1.29 is 27.5 Å². The smallest absolute Gasteiger partial charge is 0.431 e. The molecule has 1 heterocycles. The van der Waals surface area contributed by atoms with E-state index in [0.29, 0.717) is 27.8 Å². The fourth-order valence-corrected chi connectivity index (χ4v) is 5.05. The van der Waals surface area contributed by atoms with Crippen LogP contribution in [0.5, 0.6) is 0 Å². The van der Waals surface area contributed by atoms with Crippen LogP contribution in [0.15, 0.2) is 53.3 Å².